The highest BCUT2D eigenvalue weighted by molar-refractivity contribution is 9.10. The summed E-state index contributed by atoms with van der Waals surface area (Å²) in [5.74, 6) is 2.17. The summed E-state index contributed by atoms with van der Waals surface area (Å²) in [7, 11) is 0. The van der Waals surface area contributed by atoms with E-state index in [1.807, 2.05) is 56.3 Å². The molecule has 0 spiro atoms. The predicted octanol–water partition coefficient (Wildman–Crippen LogP) is 4.62. The average molecular weight is 442 g/mol. The number of hydrogen-bond donors (Lipinski definition) is 1. The Morgan fingerprint density at radius 3 is 2.68 bits per heavy atom. The zero-order valence-electron chi connectivity index (χ0n) is 15.6. The molecule has 1 aromatic heterocycles. The molecule has 144 valence electrons. The molecule has 7 heteroatoms. The summed E-state index contributed by atoms with van der Waals surface area (Å²) in [4.78, 5) is 22.5. The van der Waals surface area contributed by atoms with Crippen LogP contribution in [0.4, 0.5) is 0 Å². The molecule has 0 saturated carbocycles. The van der Waals surface area contributed by atoms with Gasteiger partial charge in [0.1, 0.15) is 5.82 Å². The summed E-state index contributed by atoms with van der Waals surface area (Å²) in [6.07, 6.45) is 1.77. The summed E-state index contributed by atoms with van der Waals surface area (Å²) in [6.45, 7) is 4.64. The molecule has 3 aromatic rings. The number of carbonyl (C=O) groups excluding carboxylic acids is 1. The van der Waals surface area contributed by atoms with Gasteiger partial charge in [-0.2, -0.15) is 0 Å². The molecule has 0 radical (unpaired) electrons. The lowest BCUT2D eigenvalue weighted by molar-refractivity contribution is 0.0685. The first-order valence-corrected chi connectivity index (χ1v) is 9.81. The third-order valence-electron chi connectivity index (χ3n) is 4.61. The molecular weight excluding hydrogens is 422 g/mol. The highest BCUT2D eigenvalue weighted by atomic mass is 79.9. The van der Waals surface area contributed by atoms with E-state index in [2.05, 4.69) is 25.9 Å². The molecule has 0 bridgehead atoms. The van der Waals surface area contributed by atoms with Crippen molar-refractivity contribution in [3.63, 3.8) is 0 Å². The van der Waals surface area contributed by atoms with Gasteiger partial charge in [-0.15, -0.1) is 0 Å². The molecule has 0 fully saturated rings. The van der Waals surface area contributed by atoms with Gasteiger partial charge in [0.2, 0.25) is 6.79 Å². The number of imidazole rings is 1. The van der Waals surface area contributed by atoms with Crippen LogP contribution in [0.1, 0.15) is 30.0 Å². The lowest BCUT2D eigenvalue weighted by atomic mass is 10.1. The van der Waals surface area contributed by atoms with Crippen LogP contribution in [0.15, 0.2) is 53.1 Å². The van der Waals surface area contributed by atoms with E-state index in [0.717, 1.165) is 33.1 Å². The van der Waals surface area contributed by atoms with Crippen molar-refractivity contribution in [1.82, 2.24) is 14.9 Å². The van der Waals surface area contributed by atoms with Gasteiger partial charge in [-0.3, -0.25) is 4.79 Å². The Labute approximate surface area is 171 Å². The standard InChI is InChI=1S/C21H20BrN3O3/c1-13(2)25(21(26)14-3-6-16(22)7-4-14)11-20-23-10-17(24-20)15-5-8-18-19(9-15)28-12-27-18/h3-10,13H,11-12H2,1-2H3,(H,23,24). The predicted molar refractivity (Wildman–Crippen MR) is 109 cm³/mol. The fourth-order valence-electron chi connectivity index (χ4n) is 3.06. The van der Waals surface area contributed by atoms with Gasteiger partial charge >= 0.3 is 0 Å². The Balaban J connectivity index is 1.54. The Morgan fingerprint density at radius 1 is 1.18 bits per heavy atom. The Morgan fingerprint density at radius 2 is 1.93 bits per heavy atom. The van der Waals surface area contributed by atoms with Crippen LogP contribution in [0.3, 0.4) is 0 Å². The number of nitrogens with one attached hydrogen (secondary N) is 1. The molecule has 1 amide bonds. The SMILES string of the molecule is CC(C)N(Cc1ncc(-c2ccc3c(c2)OCO3)[nH]1)C(=O)c1ccc(Br)cc1. The second-order valence-corrected chi connectivity index (χ2v) is 7.76. The first-order valence-electron chi connectivity index (χ1n) is 9.01. The summed E-state index contributed by atoms with van der Waals surface area (Å²) in [5, 5.41) is 0. The first kappa shape index (κ1) is 18.6. The van der Waals surface area contributed by atoms with Crippen molar-refractivity contribution in [3.05, 3.63) is 64.5 Å². The van der Waals surface area contributed by atoms with Crippen LogP contribution in [-0.4, -0.2) is 33.6 Å². The van der Waals surface area contributed by atoms with Crippen molar-refractivity contribution in [2.24, 2.45) is 0 Å². The van der Waals surface area contributed by atoms with Gasteiger partial charge in [0.25, 0.3) is 5.91 Å². The quantitative estimate of drug-likeness (QED) is 0.627. The number of amides is 1. The minimum atomic E-state index is -0.0245. The third-order valence-corrected chi connectivity index (χ3v) is 5.14. The Kier molecular flexibility index (Phi) is 5.09. The molecule has 4 rings (SSSR count). The summed E-state index contributed by atoms with van der Waals surface area (Å²) >= 11 is 3.40. The third kappa shape index (κ3) is 3.75. The van der Waals surface area contributed by atoms with E-state index in [4.69, 9.17) is 9.47 Å². The summed E-state index contributed by atoms with van der Waals surface area (Å²) in [6, 6.07) is 13.2. The molecule has 6 nitrogen and oxygen atoms in total. The molecule has 2 heterocycles. The van der Waals surface area contributed by atoms with E-state index in [1.165, 1.54) is 0 Å². The van der Waals surface area contributed by atoms with Crippen molar-refractivity contribution >= 4 is 21.8 Å². The van der Waals surface area contributed by atoms with Crippen molar-refractivity contribution in [3.8, 4) is 22.8 Å². The number of rotatable bonds is 5. The van der Waals surface area contributed by atoms with E-state index >= 15 is 0 Å². The molecule has 0 saturated heterocycles. The summed E-state index contributed by atoms with van der Waals surface area (Å²) in [5.41, 5.74) is 2.48. The van der Waals surface area contributed by atoms with E-state index in [0.29, 0.717) is 12.1 Å². The molecule has 0 atom stereocenters. The number of halogens is 1. The van der Waals surface area contributed by atoms with Crippen LogP contribution in [0.5, 0.6) is 11.5 Å². The van der Waals surface area contributed by atoms with Crippen molar-refractivity contribution in [2.75, 3.05) is 6.79 Å². The molecule has 1 N–H and O–H groups in total. The van der Waals surface area contributed by atoms with Gasteiger partial charge in [-0.05, 0) is 56.3 Å². The van der Waals surface area contributed by atoms with Crippen molar-refractivity contribution < 1.29 is 14.3 Å². The maximum Gasteiger partial charge on any atom is 0.254 e. The molecule has 2 aromatic carbocycles. The second-order valence-electron chi connectivity index (χ2n) is 6.85. The average Bonchev–Trinajstić information content (AvgIpc) is 3.34. The van der Waals surface area contributed by atoms with Crippen LogP contribution in [0.2, 0.25) is 0 Å². The number of nitrogens with zero attached hydrogens (tertiary/aromatic N) is 2. The largest absolute Gasteiger partial charge is 0.454 e. The monoisotopic (exact) mass is 441 g/mol. The second kappa shape index (κ2) is 7.67. The van der Waals surface area contributed by atoms with Gasteiger partial charge in [0.15, 0.2) is 11.5 Å². The highest BCUT2D eigenvalue weighted by Crippen LogP contribution is 2.35. The van der Waals surface area contributed by atoms with Crippen LogP contribution in [-0.2, 0) is 6.54 Å². The fraction of sp³-hybridized carbons (Fsp3) is 0.238. The zero-order chi connectivity index (χ0) is 19.7. The number of ether oxygens (including phenoxy) is 2. The van der Waals surface area contributed by atoms with Gasteiger partial charge in [0.05, 0.1) is 18.4 Å². The van der Waals surface area contributed by atoms with E-state index in [9.17, 15) is 4.79 Å². The number of benzene rings is 2. The van der Waals surface area contributed by atoms with Gasteiger partial charge in [-0.25, -0.2) is 4.98 Å². The van der Waals surface area contributed by atoms with Gasteiger partial charge < -0.3 is 19.4 Å². The molecular formula is C21H20BrN3O3. The number of aromatic nitrogens is 2. The van der Waals surface area contributed by atoms with E-state index < -0.39 is 0 Å². The maximum atomic E-state index is 12.9. The van der Waals surface area contributed by atoms with Crippen LogP contribution in [0.25, 0.3) is 11.3 Å². The first-order chi connectivity index (χ1) is 13.5. The molecule has 28 heavy (non-hydrogen) atoms. The highest BCUT2D eigenvalue weighted by Gasteiger charge is 2.21. The number of H-pyrrole nitrogens is 1. The van der Waals surface area contributed by atoms with E-state index in [-0.39, 0.29) is 18.7 Å². The molecule has 0 aliphatic carbocycles. The van der Waals surface area contributed by atoms with Crippen LogP contribution < -0.4 is 9.47 Å². The number of fused-ring (bicyclic) bond motifs is 1. The number of carbonyl (C=O) groups is 1. The minimum absolute atomic E-state index is 0.0245. The van der Waals surface area contributed by atoms with E-state index in [1.54, 1.807) is 11.1 Å². The Hall–Kier alpha value is -2.80. The maximum absolute atomic E-state index is 12.9. The topological polar surface area (TPSA) is 67.5 Å². The number of hydrogen-bond acceptors (Lipinski definition) is 4. The molecule has 1 aliphatic heterocycles. The van der Waals surface area contributed by atoms with Crippen LogP contribution in [0, 0.1) is 0 Å². The lowest BCUT2D eigenvalue weighted by Crippen LogP contribution is -2.36. The fourth-order valence-corrected chi connectivity index (χ4v) is 3.33. The number of aromatic amines is 1. The summed E-state index contributed by atoms with van der Waals surface area (Å²) < 4.78 is 11.7. The van der Waals surface area contributed by atoms with Crippen molar-refractivity contribution in [1.29, 1.82) is 0 Å². The Bertz CT molecular complexity index is 998. The normalized spacial score (nSPS) is 12.4. The smallest absolute Gasteiger partial charge is 0.254 e. The molecule has 1 aliphatic rings. The van der Waals surface area contributed by atoms with Crippen molar-refractivity contribution in [2.45, 2.75) is 26.4 Å². The zero-order valence-corrected chi connectivity index (χ0v) is 17.2. The van der Waals surface area contributed by atoms with Gasteiger partial charge in [0, 0.05) is 21.6 Å². The lowest BCUT2D eigenvalue weighted by Gasteiger charge is -2.26. The van der Waals surface area contributed by atoms with Gasteiger partial charge in [-0.1, -0.05) is 15.9 Å². The molecule has 0 unspecified atom stereocenters. The minimum Gasteiger partial charge on any atom is -0.454 e. The van der Waals surface area contributed by atoms with Crippen LogP contribution >= 0.6 is 15.9 Å².